The Bertz CT molecular complexity index is 637. The number of hydrogen-bond donors (Lipinski definition) is 3. The zero-order chi connectivity index (χ0) is 14.5. The van der Waals surface area contributed by atoms with E-state index in [1.807, 2.05) is 0 Å². The van der Waals surface area contributed by atoms with Gasteiger partial charge in [0.05, 0.1) is 5.56 Å². The van der Waals surface area contributed by atoms with Gasteiger partial charge in [0.25, 0.3) is 5.91 Å². The number of carboxylic acid groups (broad SMARTS) is 1. The van der Waals surface area contributed by atoms with Gasteiger partial charge in [-0.2, -0.15) is 0 Å². The molecule has 6 nitrogen and oxygen atoms in total. The molecular weight excluding hydrogens is 282 g/mol. The molecule has 7 heteroatoms. The van der Waals surface area contributed by atoms with Gasteiger partial charge in [0.2, 0.25) is 0 Å². The van der Waals surface area contributed by atoms with Gasteiger partial charge in [-0.1, -0.05) is 12.1 Å². The summed E-state index contributed by atoms with van der Waals surface area (Å²) in [5.74, 6) is -1.49. The molecule has 104 valence electrons. The van der Waals surface area contributed by atoms with Crippen molar-refractivity contribution in [1.82, 2.24) is 0 Å². The van der Waals surface area contributed by atoms with Crippen molar-refractivity contribution >= 4 is 28.2 Å². The molecule has 0 aliphatic rings. The molecule has 0 saturated carbocycles. The minimum Gasteiger partial charge on any atom is -0.504 e. The highest BCUT2D eigenvalue weighted by molar-refractivity contribution is 7.14. The maximum atomic E-state index is 11.7. The number of benzene rings is 1. The third kappa shape index (κ3) is 3.27. The summed E-state index contributed by atoms with van der Waals surface area (Å²) in [5.41, 5.74) is 0.0332. The van der Waals surface area contributed by atoms with Crippen LogP contribution in [0.15, 0.2) is 35.7 Å². The van der Waals surface area contributed by atoms with Crippen molar-refractivity contribution in [2.75, 3.05) is 11.9 Å². The summed E-state index contributed by atoms with van der Waals surface area (Å²) in [6.07, 6.45) is 0. The lowest BCUT2D eigenvalue weighted by atomic mass is 10.3. The number of phenols is 1. The van der Waals surface area contributed by atoms with Crippen LogP contribution in [0.3, 0.4) is 0 Å². The van der Waals surface area contributed by atoms with E-state index in [2.05, 4.69) is 5.32 Å². The number of nitrogens with one attached hydrogen (secondary N) is 1. The van der Waals surface area contributed by atoms with Crippen LogP contribution in [0.5, 0.6) is 11.5 Å². The minimum absolute atomic E-state index is 0.0332. The summed E-state index contributed by atoms with van der Waals surface area (Å²) in [5, 5.41) is 22.6. The van der Waals surface area contributed by atoms with Gasteiger partial charge < -0.3 is 20.3 Å². The van der Waals surface area contributed by atoms with Crippen molar-refractivity contribution in [3.63, 3.8) is 0 Å². The predicted molar refractivity (Wildman–Crippen MR) is 73.5 cm³/mol. The number of anilines is 1. The molecule has 2 aromatic rings. The lowest BCUT2D eigenvalue weighted by Crippen LogP contribution is -2.20. The first-order valence-electron chi connectivity index (χ1n) is 5.59. The number of aromatic carboxylic acids is 1. The highest BCUT2D eigenvalue weighted by Crippen LogP contribution is 2.25. The Morgan fingerprint density at radius 3 is 2.70 bits per heavy atom. The molecule has 1 aromatic carbocycles. The number of aromatic hydroxyl groups is 1. The number of hydrogen-bond acceptors (Lipinski definition) is 5. The second-order valence-corrected chi connectivity index (χ2v) is 4.69. The van der Waals surface area contributed by atoms with Crippen molar-refractivity contribution in [1.29, 1.82) is 0 Å². The molecule has 2 rings (SSSR count). The molecule has 20 heavy (non-hydrogen) atoms. The topological polar surface area (TPSA) is 95.9 Å². The highest BCUT2D eigenvalue weighted by atomic mass is 32.1. The van der Waals surface area contributed by atoms with Crippen molar-refractivity contribution in [2.45, 2.75) is 0 Å². The average Bonchev–Trinajstić information content (AvgIpc) is 2.86. The molecule has 0 aliphatic carbocycles. The Morgan fingerprint density at radius 2 is 2.00 bits per heavy atom. The third-order valence-corrected chi connectivity index (χ3v) is 3.20. The van der Waals surface area contributed by atoms with Gasteiger partial charge in [-0.05, 0) is 23.6 Å². The first-order valence-corrected chi connectivity index (χ1v) is 6.47. The standard InChI is InChI=1S/C13H11NO5S/c15-9-3-1-2-4-10(9)19-7-11(16)14-12-8(13(17)18)5-6-20-12/h1-6,15H,7H2,(H,14,16)(H,17,18). The van der Waals surface area contributed by atoms with E-state index in [9.17, 15) is 14.7 Å². The summed E-state index contributed by atoms with van der Waals surface area (Å²) >= 11 is 1.11. The van der Waals surface area contributed by atoms with Gasteiger partial charge in [0.1, 0.15) is 5.00 Å². The summed E-state index contributed by atoms with van der Waals surface area (Å²) in [4.78, 5) is 22.5. The van der Waals surface area contributed by atoms with Crippen molar-refractivity contribution in [3.8, 4) is 11.5 Å². The quantitative estimate of drug-likeness (QED) is 0.785. The van der Waals surface area contributed by atoms with E-state index in [1.54, 1.807) is 17.5 Å². The average molecular weight is 293 g/mol. The van der Waals surface area contributed by atoms with Crippen molar-refractivity contribution in [2.24, 2.45) is 0 Å². The second-order valence-electron chi connectivity index (χ2n) is 3.77. The van der Waals surface area contributed by atoms with E-state index < -0.39 is 11.9 Å². The Kier molecular flexibility index (Phi) is 4.21. The van der Waals surface area contributed by atoms with Crippen molar-refractivity contribution in [3.05, 3.63) is 41.3 Å². The number of rotatable bonds is 5. The van der Waals surface area contributed by atoms with E-state index in [4.69, 9.17) is 9.84 Å². The number of carbonyl (C=O) groups excluding carboxylic acids is 1. The molecular formula is C13H11NO5S. The molecule has 1 aromatic heterocycles. The lowest BCUT2D eigenvalue weighted by molar-refractivity contribution is -0.118. The molecule has 1 heterocycles. The zero-order valence-electron chi connectivity index (χ0n) is 10.2. The van der Waals surface area contributed by atoms with Crippen LogP contribution in [0.25, 0.3) is 0 Å². The molecule has 0 aliphatic heterocycles. The van der Waals surface area contributed by atoms with Crippen LogP contribution < -0.4 is 10.1 Å². The number of ether oxygens (including phenoxy) is 1. The maximum Gasteiger partial charge on any atom is 0.338 e. The molecule has 0 bridgehead atoms. The Morgan fingerprint density at radius 1 is 1.25 bits per heavy atom. The van der Waals surface area contributed by atoms with Gasteiger partial charge in [-0.25, -0.2) is 4.79 Å². The van der Waals surface area contributed by atoms with E-state index in [0.717, 1.165) is 11.3 Å². The van der Waals surface area contributed by atoms with Crippen LogP contribution in [0.2, 0.25) is 0 Å². The highest BCUT2D eigenvalue weighted by Gasteiger charge is 2.14. The first-order chi connectivity index (χ1) is 9.58. The third-order valence-electron chi connectivity index (χ3n) is 2.37. The van der Waals surface area contributed by atoms with E-state index in [-0.39, 0.29) is 28.7 Å². The molecule has 0 radical (unpaired) electrons. The number of carboxylic acids is 1. The Hall–Kier alpha value is -2.54. The molecule has 0 atom stereocenters. The number of amides is 1. The van der Waals surface area contributed by atoms with Crippen LogP contribution in [0, 0.1) is 0 Å². The smallest absolute Gasteiger partial charge is 0.338 e. The van der Waals surface area contributed by atoms with Gasteiger partial charge in [0.15, 0.2) is 18.1 Å². The largest absolute Gasteiger partial charge is 0.504 e. The van der Waals surface area contributed by atoms with Gasteiger partial charge in [0, 0.05) is 0 Å². The van der Waals surface area contributed by atoms with Crippen LogP contribution in [-0.2, 0) is 4.79 Å². The van der Waals surface area contributed by atoms with E-state index >= 15 is 0 Å². The molecule has 1 amide bonds. The molecule has 0 unspecified atom stereocenters. The van der Waals surface area contributed by atoms with E-state index in [1.165, 1.54) is 18.2 Å². The fraction of sp³-hybridized carbons (Fsp3) is 0.0769. The lowest BCUT2D eigenvalue weighted by Gasteiger charge is -2.08. The first kappa shape index (κ1) is 13.9. The summed E-state index contributed by atoms with van der Waals surface area (Å²) < 4.78 is 5.14. The number of thiophene rings is 1. The Balaban J connectivity index is 1.95. The Labute approximate surface area is 118 Å². The fourth-order valence-electron chi connectivity index (χ4n) is 1.46. The molecule has 0 fully saturated rings. The van der Waals surface area contributed by atoms with Crippen molar-refractivity contribution < 1.29 is 24.5 Å². The number of carbonyl (C=O) groups is 2. The van der Waals surface area contributed by atoms with Crippen LogP contribution in [0.4, 0.5) is 5.00 Å². The molecule has 0 spiro atoms. The minimum atomic E-state index is -1.11. The predicted octanol–water partition coefficient (Wildman–Crippen LogP) is 2.17. The summed E-state index contributed by atoms with van der Waals surface area (Å²) in [7, 11) is 0. The number of para-hydroxylation sites is 2. The monoisotopic (exact) mass is 293 g/mol. The van der Waals surface area contributed by atoms with E-state index in [0.29, 0.717) is 0 Å². The van der Waals surface area contributed by atoms with Gasteiger partial charge >= 0.3 is 5.97 Å². The van der Waals surface area contributed by atoms with Crippen LogP contribution in [0.1, 0.15) is 10.4 Å². The summed E-state index contributed by atoms with van der Waals surface area (Å²) in [6, 6.07) is 7.67. The fourth-order valence-corrected chi connectivity index (χ4v) is 2.25. The second kappa shape index (κ2) is 6.07. The molecule has 0 saturated heterocycles. The molecule has 3 N–H and O–H groups in total. The van der Waals surface area contributed by atoms with Gasteiger partial charge in [-0.3, -0.25) is 4.79 Å². The normalized spacial score (nSPS) is 10.0. The number of phenolic OH excluding ortho intramolecular Hbond substituents is 1. The van der Waals surface area contributed by atoms with Crippen LogP contribution in [-0.4, -0.2) is 28.7 Å². The zero-order valence-corrected chi connectivity index (χ0v) is 11.0. The van der Waals surface area contributed by atoms with Gasteiger partial charge in [-0.15, -0.1) is 11.3 Å². The SMILES string of the molecule is O=C(COc1ccccc1O)Nc1sccc1C(=O)O. The van der Waals surface area contributed by atoms with Crippen LogP contribution >= 0.6 is 11.3 Å². The maximum absolute atomic E-state index is 11.7. The summed E-state index contributed by atoms with van der Waals surface area (Å²) in [6.45, 7) is -0.325.